The van der Waals surface area contributed by atoms with Gasteiger partial charge in [0.05, 0.1) is 13.7 Å². The van der Waals surface area contributed by atoms with E-state index in [2.05, 4.69) is 4.98 Å². The van der Waals surface area contributed by atoms with E-state index in [4.69, 9.17) is 9.47 Å². The van der Waals surface area contributed by atoms with Gasteiger partial charge in [0.25, 0.3) is 0 Å². The number of aromatic nitrogens is 1. The fourth-order valence-corrected chi connectivity index (χ4v) is 2.55. The Morgan fingerprint density at radius 1 is 1.35 bits per heavy atom. The summed E-state index contributed by atoms with van der Waals surface area (Å²) >= 11 is 0. The Hall–Kier alpha value is -2.05. The van der Waals surface area contributed by atoms with Crippen LogP contribution in [0.4, 0.5) is 13.2 Å². The highest BCUT2D eigenvalue weighted by molar-refractivity contribution is 5.93. The normalized spacial score (nSPS) is 15.1. The van der Waals surface area contributed by atoms with E-state index >= 15 is 0 Å². The predicted molar refractivity (Wildman–Crippen MR) is 78.2 cm³/mol. The zero-order valence-corrected chi connectivity index (χ0v) is 13.0. The molecular formula is C16H18F3NO3. The first-order chi connectivity index (χ1) is 10.9. The molecule has 126 valence electrons. The third-order valence-corrected chi connectivity index (χ3v) is 3.58. The van der Waals surface area contributed by atoms with Crippen LogP contribution < -0.4 is 4.74 Å². The second kappa shape index (κ2) is 7.02. The van der Waals surface area contributed by atoms with Crippen LogP contribution in [-0.2, 0) is 10.9 Å². The largest absolute Gasteiger partial charge is 0.480 e. The minimum atomic E-state index is -4.63. The van der Waals surface area contributed by atoms with Crippen molar-refractivity contribution in [2.45, 2.75) is 38.8 Å². The topological polar surface area (TPSA) is 48.4 Å². The van der Waals surface area contributed by atoms with E-state index in [0.29, 0.717) is 18.4 Å². The van der Waals surface area contributed by atoms with Crippen LogP contribution >= 0.6 is 0 Å². The summed E-state index contributed by atoms with van der Waals surface area (Å²) in [6.45, 7) is 1.73. The number of alkyl halides is 3. The van der Waals surface area contributed by atoms with Crippen molar-refractivity contribution >= 4 is 11.5 Å². The SMILES string of the molecule is CCOC(=O)c1cc(C2=CCCCC2)c(C(F)(F)F)nc1OC. The van der Waals surface area contributed by atoms with Crippen LogP contribution in [-0.4, -0.2) is 24.7 Å². The molecule has 4 nitrogen and oxygen atoms in total. The summed E-state index contributed by atoms with van der Waals surface area (Å²) in [4.78, 5) is 15.5. The number of nitrogens with zero attached hydrogens (tertiary/aromatic N) is 1. The smallest absolute Gasteiger partial charge is 0.434 e. The summed E-state index contributed by atoms with van der Waals surface area (Å²) in [6.07, 6.45) is 0.140. The predicted octanol–water partition coefficient (Wildman–Crippen LogP) is 4.24. The van der Waals surface area contributed by atoms with Crippen molar-refractivity contribution in [2.75, 3.05) is 13.7 Å². The number of allylic oxidation sites excluding steroid dienone is 2. The molecular weight excluding hydrogens is 311 g/mol. The number of esters is 1. The van der Waals surface area contributed by atoms with Gasteiger partial charge in [-0.2, -0.15) is 13.2 Å². The number of carbonyl (C=O) groups excluding carboxylic acids is 1. The number of pyridine rings is 1. The molecule has 1 aromatic rings. The number of carbonyl (C=O) groups is 1. The lowest BCUT2D eigenvalue weighted by atomic mass is 9.91. The summed E-state index contributed by atoms with van der Waals surface area (Å²) in [5.41, 5.74) is -0.635. The molecule has 23 heavy (non-hydrogen) atoms. The molecule has 0 atom stereocenters. The Labute approximate surface area is 132 Å². The Morgan fingerprint density at radius 3 is 2.61 bits per heavy atom. The molecule has 0 N–H and O–H groups in total. The summed E-state index contributed by atoms with van der Waals surface area (Å²) in [6, 6.07) is 1.18. The van der Waals surface area contributed by atoms with Crippen molar-refractivity contribution in [1.29, 1.82) is 0 Å². The van der Waals surface area contributed by atoms with Gasteiger partial charge in [-0.25, -0.2) is 9.78 Å². The Kier molecular flexibility index (Phi) is 5.28. The van der Waals surface area contributed by atoms with E-state index in [0.717, 1.165) is 12.8 Å². The summed E-state index contributed by atoms with van der Waals surface area (Å²) < 4.78 is 49.8. The minimum absolute atomic E-state index is 0.0685. The Morgan fingerprint density at radius 2 is 2.09 bits per heavy atom. The molecule has 1 heterocycles. The molecule has 0 aliphatic heterocycles. The highest BCUT2D eigenvalue weighted by Gasteiger charge is 2.38. The molecule has 0 saturated carbocycles. The van der Waals surface area contributed by atoms with Crippen LogP contribution in [0.15, 0.2) is 12.1 Å². The van der Waals surface area contributed by atoms with Gasteiger partial charge in [-0.1, -0.05) is 6.08 Å². The van der Waals surface area contributed by atoms with E-state index in [1.54, 1.807) is 13.0 Å². The molecule has 1 aromatic heterocycles. The number of ether oxygens (including phenoxy) is 2. The second-order valence-electron chi connectivity index (χ2n) is 5.13. The van der Waals surface area contributed by atoms with E-state index in [1.807, 2.05) is 0 Å². The molecule has 0 aromatic carbocycles. The lowest BCUT2D eigenvalue weighted by Gasteiger charge is -2.19. The van der Waals surface area contributed by atoms with Crippen LogP contribution in [0.25, 0.3) is 5.57 Å². The van der Waals surface area contributed by atoms with E-state index in [9.17, 15) is 18.0 Å². The van der Waals surface area contributed by atoms with Gasteiger partial charge < -0.3 is 9.47 Å². The maximum Gasteiger partial charge on any atom is 0.434 e. The molecule has 0 amide bonds. The lowest BCUT2D eigenvalue weighted by Crippen LogP contribution is -2.17. The van der Waals surface area contributed by atoms with Gasteiger partial charge in [0, 0.05) is 5.56 Å². The lowest BCUT2D eigenvalue weighted by molar-refractivity contribution is -0.141. The van der Waals surface area contributed by atoms with Gasteiger partial charge >= 0.3 is 12.1 Å². The summed E-state index contributed by atoms with van der Waals surface area (Å²) in [5.74, 6) is -1.13. The maximum atomic E-state index is 13.3. The van der Waals surface area contributed by atoms with Crippen LogP contribution in [0.5, 0.6) is 5.88 Å². The number of hydrogen-bond acceptors (Lipinski definition) is 4. The van der Waals surface area contributed by atoms with E-state index in [1.165, 1.54) is 13.2 Å². The van der Waals surface area contributed by atoms with Gasteiger partial charge in [-0.15, -0.1) is 0 Å². The third kappa shape index (κ3) is 3.83. The average molecular weight is 329 g/mol. The van der Waals surface area contributed by atoms with E-state index in [-0.39, 0.29) is 23.6 Å². The number of rotatable bonds is 4. The highest BCUT2D eigenvalue weighted by atomic mass is 19.4. The van der Waals surface area contributed by atoms with Crippen molar-refractivity contribution in [3.63, 3.8) is 0 Å². The minimum Gasteiger partial charge on any atom is -0.480 e. The molecule has 0 bridgehead atoms. The highest BCUT2D eigenvalue weighted by Crippen LogP contribution is 2.39. The monoisotopic (exact) mass is 329 g/mol. The fraction of sp³-hybridized carbons (Fsp3) is 0.500. The Balaban J connectivity index is 2.62. The number of hydrogen-bond donors (Lipinski definition) is 0. The standard InChI is InChI=1S/C16H18F3NO3/c1-3-23-15(21)12-9-11(10-7-5-4-6-8-10)13(16(17,18)19)20-14(12)22-2/h7,9H,3-6,8H2,1-2H3. The third-order valence-electron chi connectivity index (χ3n) is 3.58. The van der Waals surface area contributed by atoms with E-state index < -0.39 is 17.8 Å². The van der Waals surface area contributed by atoms with Gasteiger partial charge in [0.2, 0.25) is 5.88 Å². The zero-order valence-electron chi connectivity index (χ0n) is 13.0. The molecule has 0 spiro atoms. The number of halogens is 3. The number of methoxy groups -OCH3 is 1. The molecule has 0 radical (unpaired) electrons. The molecule has 0 unspecified atom stereocenters. The van der Waals surface area contributed by atoms with Crippen molar-refractivity contribution in [3.8, 4) is 5.88 Å². The van der Waals surface area contributed by atoms with Gasteiger partial charge in [-0.05, 0) is 44.2 Å². The first-order valence-electron chi connectivity index (χ1n) is 7.41. The van der Waals surface area contributed by atoms with Gasteiger partial charge in [0.15, 0.2) is 5.69 Å². The molecule has 2 rings (SSSR count). The maximum absolute atomic E-state index is 13.3. The quantitative estimate of drug-likeness (QED) is 0.775. The molecule has 7 heteroatoms. The van der Waals surface area contributed by atoms with Crippen LogP contribution in [0.2, 0.25) is 0 Å². The fourth-order valence-electron chi connectivity index (χ4n) is 2.55. The molecule has 1 aliphatic rings. The second-order valence-corrected chi connectivity index (χ2v) is 5.13. The summed E-state index contributed by atoms with van der Waals surface area (Å²) in [5, 5.41) is 0. The zero-order chi connectivity index (χ0) is 17.0. The van der Waals surface area contributed by atoms with Crippen molar-refractivity contribution < 1.29 is 27.4 Å². The molecule has 0 fully saturated rings. The van der Waals surface area contributed by atoms with Gasteiger partial charge in [0.1, 0.15) is 5.56 Å². The summed E-state index contributed by atoms with van der Waals surface area (Å²) in [7, 11) is 1.17. The van der Waals surface area contributed by atoms with Crippen LogP contribution in [0.1, 0.15) is 54.2 Å². The van der Waals surface area contributed by atoms with Crippen LogP contribution in [0, 0.1) is 0 Å². The Bertz CT molecular complexity index is 624. The van der Waals surface area contributed by atoms with Gasteiger partial charge in [-0.3, -0.25) is 0 Å². The first-order valence-corrected chi connectivity index (χ1v) is 7.41. The van der Waals surface area contributed by atoms with Crippen molar-refractivity contribution in [3.05, 3.63) is 29.0 Å². The van der Waals surface area contributed by atoms with Crippen molar-refractivity contribution in [1.82, 2.24) is 4.98 Å². The average Bonchev–Trinajstić information content (AvgIpc) is 2.53. The first kappa shape index (κ1) is 17.3. The van der Waals surface area contributed by atoms with Crippen molar-refractivity contribution in [2.24, 2.45) is 0 Å². The molecule has 1 aliphatic carbocycles. The molecule has 0 saturated heterocycles. The van der Waals surface area contributed by atoms with Crippen LogP contribution in [0.3, 0.4) is 0 Å².